The fourth-order valence-electron chi connectivity index (χ4n) is 0.936. The number of carboxylic acids is 1. The SMILES string of the molecule is CC(=O)NC(CCC(=O)O)C(=O)OP(=O)([O-])[O-]. The van der Waals surface area contributed by atoms with Crippen LogP contribution in [0.5, 0.6) is 0 Å². The number of aliphatic carboxylic acids is 1. The molecule has 1 atom stereocenters. The monoisotopic (exact) mass is 267 g/mol. The van der Waals surface area contributed by atoms with E-state index in [-0.39, 0.29) is 6.42 Å². The second-order valence-electron chi connectivity index (χ2n) is 3.04. The van der Waals surface area contributed by atoms with Gasteiger partial charge in [0.25, 0.3) is 0 Å². The maximum absolute atomic E-state index is 11.1. The molecule has 0 rings (SSSR count). The Bertz CT molecular complexity index is 361. The molecule has 9 nitrogen and oxygen atoms in total. The number of phosphoric acid groups is 1. The summed E-state index contributed by atoms with van der Waals surface area (Å²) in [7, 11) is -5.51. The maximum atomic E-state index is 11.1. The minimum absolute atomic E-state index is 0.381. The van der Waals surface area contributed by atoms with Gasteiger partial charge in [-0.2, -0.15) is 0 Å². The number of amides is 1. The highest BCUT2D eigenvalue weighted by molar-refractivity contribution is 7.43. The second kappa shape index (κ2) is 6.33. The molecule has 1 unspecified atom stereocenters. The Labute approximate surface area is 96.0 Å². The third-order valence-corrected chi connectivity index (χ3v) is 1.91. The van der Waals surface area contributed by atoms with Gasteiger partial charge < -0.3 is 29.3 Å². The van der Waals surface area contributed by atoms with Gasteiger partial charge in [0.1, 0.15) is 13.9 Å². The van der Waals surface area contributed by atoms with E-state index in [0.717, 1.165) is 6.92 Å². The smallest absolute Gasteiger partial charge is 0.331 e. The van der Waals surface area contributed by atoms with Crippen LogP contribution in [0.3, 0.4) is 0 Å². The zero-order chi connectivity index (χ0) is 13.6. The van der Waals surface area contributed by atoms with Gasteiger partial charge >= 0.3 is 11.9 Å². The summed E-state index contributed by atoms with van der Waals surface area (Å²) >= 11 is 0. The summed E-state index contributed by atoms with van der Waals surface area (Å²) in [6.07, 6.45) is -0.879. The van der Waals surface area contributed by atoms with Crippen molar-refractivity contribution in [1.29, 1.82) is 0 Å². The van der Waals surface area contributed by atoms with Gasteiger partial charge in [0.2, 0.25) is 5.91 Å². The van der Waals surface area contributed by atoms with E-state index in [1.807, 2.05) is 5.32 Å². The first-order valence-electron chi connectivity index (χ1n) is 4.36. The van der Waals surface area contributed by atoms with Crippen molar-refractivity contribution < 1.29 is 38.4 Å². The van der Waals surface area contributed by atoms with Crippen molar-refractivity contribution in [3.8, 4) is 0 Å². The van der Waals surface area contributed by atoms with Crippen LogP contribution in [0.2, 0.25) is 0 Å². The largest absolute Gasteiger partial charge is 0.780 e. The summed E-state index contributed by atoms with van der Waals surface area (Å²) in [5, 5.41) is 10.3. The molecule has 0 saturated heterocycles. The zero-order valence-electron chi connectivity index (χ0n) is 8.74. The molecule has 1 amide bonds. The fraction of sp³-hybridized carbons (Fsp3) is 0.571. The van der Waals surface area contributed by atoms with Crippen LogP contribution in [0, 0.1) is 0 Å². The molecule has 0 saturated carbocycles. The Morgan fingerprint density at radius 2 is 1.94 bits per heavy atom. The molecule has 0 aliphatic rings. The Morgan fingerprint density at radius 1 is 1.41 bits per heavy atom. The van der Waals surface area contributed by atoms with Gasteiger partial charge in [0.15, 0.2) is 0 Å². The molecule has 0 bridgehead atoms. The number of hydrogen-bond donors (Lipinski definition) is 2. The Morgan fingerprint density at radius 3 is 2.29 bits per heavy atom. The van der Waals surface area contributed by atoms with E-state index in [9.17, 15) is 28.7 Å². The Hall–Kier alpha value is -1.44. The lowest BCUT2D eigenvalue weighted by molar-refractivity contribution is -0.338. The molecule has 0 aliphatic heterocycles. The molecule has 0 spiro atoms. The van der Waals surface area contributed by atoms with Crippen molar-refractivity contribution in [2.75, 3.05) is 0 Å². The molecule has 0 aromatic carbocycles. The minimum Gasteiger partial charge on any atom is -0.780 e. The van der Waals surface area contributed by atoms with Gasteiger partial charge in [-0.1, -0.05) is 0 Å². The van der Waals surface area contributed by atoms with Crippen molar-refractivity contribution in [2.24, 2.45) is 0 Å². The summed E-state index contributed by atoms with van der Waals surface area (Å²) in [6.45, 7) is 1.04. The molecule has 2 N–H and O–H groups in total. The van der Waals surface area contributed by atoms with E-state index in [4.69, 9.17) is 5.11 Å². The second-order valence-corrected chi connectivity index (χ2v) is 4.12. The predicted molar refractivity (Wildman–Crippen MR) is 48.2 cm³/mol. The fourth-order valence-corrected chi connectivity index (χ4v) is 1.28. The van der Waals surface area contributed by atoms with Crippen LogP contribution in [-0.4, -0.2) is 29.0 Å². The Kier molecular flexibility index (Phi) is 5.80. The van der Waals surface area contributed by atoms with Crippen molar-refractivity contribution >= 4 is 25.7 Å². The summed E-state index contributed by atoms with van der Waals surface area (Å²) < 4.78 is 13.7. The lowest BCUT2D eigenvalue weighted by atomic mass is 10.1. The first-order chi connectivity index (χ1) is 7.61. The lowest BCUT2D eigenvalue weighted by Gasteiger charge is -2.29. The van der Waals surface area contributed by atoms with E-state index >= 15 is 0 Å². The number of rotatable bonds is 6. The molecule has 0 radical (unpaired) electrons. The van der Waals surface area contributed by atoms with E-state index in [2.05, 4.69) is 4.52 Å². The van der Waals surface area contributed by atoms with E-state index in [1.165, 1.54) is 0 Å². The molecule has 0 heterocycles. The van der Waals surface area contributed by atoms with Crippen LogP contribution in [0.4, 0.5) is 0 Å². The first kappa shape index (κ1) is 15.6. The number of carbonyl (C=O) groups is 3. The average Bonchev–Trinajstić information content (AvgIpc) is 2.08. The van der Waals surface area contributed by atoms with Crippen LogP contribution < -0.4 is 15.1 Å². The highest BCUT2D eigenvalue weighted by Gasteiger charge is 2.22. The van der Waals surface area contributed by atoms with Crippen LogP contribution in [0.15, 0.2) is 0 Å². The number of hydrogen-bond acceptors (Lipinski definition) is 7. The third-order valence-electron chi connectivity index (χ3n) is 1.51. The number of nitrogens with one attached hydrogen (secondary N) is 1. The molecular formula is C7H10NO8P-2. The van der Waals surface area contributed by atoms with E-state index < -0.39 is 38.1 Å². The molecule has 0 aromatic heterocycles. The van der Waals surface area contributed by atoms with Gasteiger partial charge in [-0.3, -0.25) is 9.59 Å². The molecule has 98 valence electrons. The molecule has 0 aliphatic carbocycles. The highest BCUT2D eigenvalue weighted by atomic mass is 31.2. The van der Waals surface area contributed by atoms with Gasteiger partial charge in [-0.05, 0) is 6.42 Å². The van der Waals surface area contributed by atoms with Crippen LogP contribution in [0.1, 0.15) is 19.8 Å². The van der Waals surface area contributed by atoms with Gasteiger partial charge in [0.05, 0.1) is 0 Å². The molecule has 10 heteroatoms. The Balaban J connectivity index is 4.55. The van der Waals surface area contributed by atoms with E-state index in [1.54, 1.807) is 0 Å². The van der Waals surface area contributed by atoms with Crippen molar-refractivity contribution in [1.82, 2.24) is 5.32 Å². The summed E-state index contributed by atoms with van der Waals surface area (Å²) in [6, 6.07) is -1.49. The third kappa shape index (κ3) is 8.38. The maximum Gasteiger partial charge on any atom is 0.331 e. The molecule has 0 fully saturated rings. The lowest BCUT2D eigenvalue weighted by Crippen LogP contribution is -2.41. The standard InChI is InChI=1S/C7H12NO8P/c1-4(9)8-5(2-3-6(10)11)7(12)16-17(13,14)15/h5H,2-3H2,1H3,(H,8,9)(H,10,11)(H2,13,14,15)/p-2. The van der Waals surface area contributed by atoms with Crippen molar-refractivity contribution in [2.45, 2.75) is 25.8 Å². The van der Waals surface area contributed by atoms with Crippen LogP contribution in [0.25, 0.3) is 0 Å². The van der Waals surface area contributed by atoms with Gasteiger partial charge in [-0.15, -0.1) is 0 Å². The summed E-state index contributed by atoms with van der Waals surface area (Å²) in [4.78, 5) is 52.4. The van der Waals surface area contributed by atoms with E-state index in [0.29, 0.717) is 0 Å². The minimum atomic E-state index is -5.51. The highest BCUT2D eigenvalue weighted by Crippen LogP contribution is 2.25. The average molecular weight is 267 g/mol. The summed E-state index contributed by atoms with van der Waals surface area (Å²) in [5.41, 5.74) is 0. The van der Waals surface area contributed by atoms with Crippen LogP contribution in [-0.2, 0) is 23.5 Å². The summed E-state index contributed by atoms with van der Waals surface area (Å²) in [5.74, 6) is -3.45. The normalized spacial score (nSPS) is 12.6. The molecular weight excluding hydrogens is 257 g/mol. The zero-order valence-corrected chi connectivity index (χ0v) is 9.64. The van der Waals surface area contributed by atoms with Crippen LogP contribution >= 0.6 is 7.82 Å². The predicted octanol–water partition coefficient (Wildman–Crippen LogP) is -2.27. The number of carboxylic acid groups (broad SMARTS) is 1. The topological polar surface area (TPSA) is 156 Å². The number of phosphoric ester groups is 1. The quantitative estimate of drug-likeness (QED) is 0.510. The van der Waals surface area contributed by atoms with Crippen molar-refractivity contribution in [3.05, 3.63) is 0 Å². The molecule has 17 heavy (non-hydrogen) atoms. The van der Waals surface area contributed by atoms with Gasteiger partial charge in [-0.25, -0.2) is 4.79 Å². The first-order valence-corrected chi connectivity index (χ1v) is 5.82. The van der Waals surface area contributed by atoms with Crippen molar-refractivity contribution in [3.63, 3.8) is 0 Å². The van der Waals surface area contributed by atoms with Gasteiger partial charge in [0, 0.05) is 13.3 Å². The molecule has 0 aromatic rings. The number of carbonyl (C=O) groups excluding carboxylic acids is 2.